The minimum Gasteiger partial charge on any atom is -0.481 e. The van der Waals surface area contributed by atoms with Crippen LogP contribution >= 0.6 is 0 Å². The molecule has 1 N–H and O–H groups in total. The van der Waals surface area contributed by atoms with Crippen LogP contribution in [0, 0.1) is 0 Å². The predicted octanol–water partition coefficient (Wildman–Crippen LogP) is 1.01. The molecule has 0 spiro atoms. The highest BCUT2D eigenvalue weighted by atomic mass is 16.4. The lowest BCUT2D eigenvalue weighted by Gasteiger charge is -2.20. The van der Waals surface area contributed by atoms with E-state index < -0.39 is 5.97 Å². The third kappa shape index (κ3) is 3.37. The van der Waals surface area contributed by atoms with Crippen LogP contribution in [0.3, 0.4) is 0 Å². The molecule has 1 rings (SSSR count). The molecule has 0 bridgehead atoms. The topological polar surface area (TPSA) is 51.4 Å². The quantitative estimate of drug-likeness (QED) is 0.663. The summed E-state index contributed by atoms with van der Waals surface area (Å²) in [5.41, 5.74) is 0. The maximum atomic E-state index is 10.2. The summed E-state index contributed by atoms with van der Waals surface area (Å²) in [4.78, 5) is 10.2. The number of rotatable bonds is 3. The molecule has 0 saturated carbocycles. The van der Waals surface area contributed by atoms with Crippen LogP contribution in [0.4, 0.5) is 0 Å². The van der Waals surface area contributed by atoms with Crippen LogP contribution in [-0.4, -0.2) is 23.7 Å². The zero-order chi connectivity index (χ0) is 8.10. The van der Waals surface area contributed by atoms with E-state index in [0.29, 0.717) is 6.04 Å². The monoisotopic (exact) mass is 156 g/mol. The average Bonchev–Trinajstić information content (AvgIpc) is 2.03. The Bertz CT molecular complexity index is 130. The summed E-state index contributed by atoms with van der Waals surface area (Å²) in [6, 6.07) is 0.333. The third-order valence-corrected chi connectivity index (χ3v) is 2.02. The second kappa shape index (κ2) is 4.34. The van der Waals surface area contributed by atoms with Crippen LogP contribution in [0.25, 0.3) is 0 Å². The van der Waals surface area contributed by atoms with Crippen molar-refractivity contribution in [3.8, 4) is 0 Å². The van der Waals surface area contributed by atoms with Gasteiger partial charge in [-0.1, -0.05) is 6.42 Å². The van der Waals surface area contributed by atoms with Crippen LogP contribution in [-0.2, 0) is 4.79 Å². The lowest BCUT2D eigenvalue weighted by atomic mass is 10.0. The Labute approximate surface area is 66.8 Å². The standard InChI is InChI=1S/C8H14NO2/c10-8(11)5-4-7-3-1-2-6-9-7/h7H,1-6H2,(H,10,11). The SMILES string of the molecule is O=C(O)CCC1CCCC[N]1. The molecule has 1 atom stereocenters. The van der Waals surface area contributed by atoms with Gasteiger partial charge in [-0.25, -0.2) is 5.32 Å². The van der Waals surface area contributed by atoms with Crippen molar-refractivity contribution in [1.29, 1.82) is 0 Å². The normalized spacial score (nSPS) is 24.9. The Balaban J connectivity index is 2.09. The number of carboxylic acid groups (broad SMARTS) is 1. The van der Waals surface area contributed by atoms with Crippen molar-refractivity contribution in [3.63, 3.8) is 0 Å². The van der Waals surface area contributed by atoms with E-state index in [0.717, 1.165) is 19.4 Å². The minimum atomic E-state index is -0.703. The fourth-order valence-corrected chi connectivity index (χ4v) is 1.38. The Morgan fingerprint density at radius 2 is 2.36 bits per heavy atom. The van der Waals surface area contributed by atoms with Crippen LogP contribution in [0.5, 0.6) is 0 Å². The molecule has 11 heavy (non-hydrogen) atoms. The lowest BCUT2D eigenvalue weighted by Crippen LogP contribution is -2.28. The van der Waals surface area contributed by atoms with E-state index in [1.54, 1.807) is 0 Å². The second-order valence-corrected chi connectivity index (χ2v) is 2.99. The molecular formula is C8H14NO2. The van der Waals surface area contributed by atoms with Gasteiger partial charge >= 0.3 is 5.97 Å². The van der Waals surface area contributed by atoms with E-state index in [1.165, 1.54) is 12.8 Å². The largest absolute Gasteiger partial charge is 0.481 e. The Morgan fingerprint density at radius 3 is 2.91 bits per heavy atom. The molecule has 1 fully saturated rings. The summed E-state index contributed by atoms with van der Waals surface area (Å²) >= 11 is 0. The molecule has 0 aromatic heterocycles. The van der Waals surface area contributed by atoms with E-state index >= 15 is 0 Å². The summed E-state index contributed by atoms with van der Waals surface area (Å²) in [5.74, 6) is -0.703. The van der Waals surface area contributed by atoms with Gasteiger partial charge in [0.15, 0.2) is 0 Å². The van der Waals surface area contributed by atoms with E-state index in [1.807, 2.05) is 0 Å². The number of nitrogens with zero attached hydrogens (tertiary/aromatic N) is 1. The van der Waals surface area contributed by atoms with Gasteiger partial charge in [0.2, 0.25) is 0 Å². The number of carboxylic acids is 1. The molecule has 1 heterocycles. The molecule has 1 aliphatic rings. The van der Waals surface area contributed by atoms with Crippen LogP contribution in [0.1, 0.15) is 32.1 Å². The van der Waals surface area contributed by atoms with E-state index in [-0.39, 0.29) is 6.42 Å². The molecule has 1 saturated heterocycles. The molecule has 1 unspecified atom stereocenters. The molecule has 0 amide bonds. The number of piperidine rings is 1. The minimum absolute atomic E-state index is 0.272. The van der Waals surface area contributed by atoms with Crippen molar-refractivity contribution in [1.82, 2.24) is 5.32 Å². The zero-order valence-electron chi connectivity index (χ0n) is 6.62. The van der Waals surface area contributed by atoms with Gasteiger partial charge in [0.1, 0.15) is 0 Å². The van der Waals surface area contributed by atoms with Crippen molar-refractivity contribution >= 4 is 5.97 Å². The fourth-order valence-electron chi connectivity index (χ4n) is 1.38. The van der Waals surface area contributed by atoms with Gasteiger partial charge in [0.25, 0.3) is 0 Å². The Kier molecular flexibility index (Phi) is 3.36. The second-order valence-electron chi connectivity index (χ2n) is 2.99. The van der Waals surface area contributed by atoms with Crippen molar-refractivity contribution in [3.05, 3.63) is 0 Å². The zero-order valence-corrected chi connectivity index (χ0v) is 6.62. The molecule has 3 heteroatoms. The highest BCUT2D eigenvalue weighted by Crippen LogP contribution is 2.12. The average molecular weight is 156 g/mol. The Hall–Kier alpha value is -0.570. The Morgan fingerprint density at radius 1 is 1.55 bits per heavy atom. The van der Waals surface area contributed by atoms with Gasteiger partial charge in [-0.05, 0) is 19.3 Å². The predicted molar refractivity (Wildman–Crippen MR) is 41.5 cm³/mol. The number of aliphatic carboxylic acids is 1. The molecule has 0 aliphatic carbocycles. The van der Waals surface area contributed by atoms with Crippen molar-refractivity contribution in [2.45, 2.75) is 38.1 Å². The lowest BCUT2D eigenvalue weighted by molar-refractivity contribution is -0.137. The number of carbonyl (C=O) groups is 1. The van der Waals surface area contributed by atoms with Crippen LogP contribution < -0.4 is 5.32 Å². The maximum absolute atomic E-state index is 10.2. The number of hydrogen-bond acceptors (Lipinski definition) is 1. The summed E-state index contributed by atoms with van der Waals surface area (Å²) in [5, 5.41) is 12.7. The molecule has 3 nitrogen and oxygen atoms in total. The molecular weight excluding hydrogens is 142 g/mol. The third-order valence-electron chi connectivity index (χ3n) is 2.02. The molecule has 63 valence electrons. The van der Waals surface area contributed by atoms with E-state index in [4.69, 9.17) is 5.11 Å². The smallest absolute Gasteiger partial charge is 0.303 e. The van der Waals surface area contributed by atoms with Gasteiger partial charge in [-0.3, -0.25) is 4.79 Å². The summed E-state index contributed by atoms with van der Waals surface area (Å²) in [6.45, 7) is 0.935. The van der Waals surface area contributed by atoms with Crippen molar-refractivity contribution < 1.29 is 9.90 Å². The first-order valence-electron chi connectivity index (χ1n) is 4.17. The van der Waals surface area contributed by atoms with Gasteiger partial charge in [-0.2, -0.15) is 0 Å². The number of hydrogen-bond donors (Lipinski definition) is 1. The van der Waals surface area contributed by atoms with Gasteiger partial charge in [0, 0.05) is 19.0 Å². The van der Waals surface area contributed by atoms with Crippen LogP contribution in [0.2, 0.25) is 0 Å². The summed E-state index contributed by atoms with van der Waals surface area (Å²) in [6.07, 6.45) is 4.49. The first-order valence-corrected chi connectivity index (χ1v) is 4.17. The fraction of sp³-hybridized carbons (Fsp3) is 0.875. The van der Waals surface area contributed by atoms with E-state index in [9.17, 15) is 4.79 Å². The molecule has 0 aromatic rings. The van der Waals surface area contributed by atoms with Crippen molar-refractivity contribution in [2.24, 2.45) is 0 Å². The van der Waals surface area contributed by atoms with Crippen LogP contribution in [0.15, 0.2) is 0 Å². The summed E-state index contributed by atoms with van der Waals surface area (Å²) < 4.78 is 0. The highest BCUT2D eigenvalue weighted by molar-refractivity contribution is 5.66. The first-order chi connectivity index (χ1) is 5.29. The highest BCUT2D eigenvalue weighted by Gasteiger charge is 2.14. The molecule has 1 radical (unpaired) electrons. The first kappa shape index (κ1) is 8.53. The van der Waals surface area contributed by atoms with Crippen molar-refractivity contribution in [2.75, 3.05) is 6.54 Å². The van der Waals surface area contributed by atoms with E-state index in [2.05, 4.69) is 5.32 Å². The molecule has 1 aliphatic heterocycles. The summed E-state index contributed by atoms with van der Waals surface area (Å²) in [7, 11) is 0. The maximum Gasteiger partial charge on any atom is 0.303 e. The molecule has 0 aromatic carbocycles. The van der Waals surface area contributed by atoms with Gasteiger partial charge in [0.05, 0.1) is 0 Å². The van der Waals surface area contributed by atoms with Gasteiger partial charge in [-0.15, -0.1) is 0 Å². The van der Waals surface area contributed by atoms with Gasteiger partial charge < -0.3 is 5.11 Å².